The molecule has 6 heteroatoms. The molecule has 0 radical (unpaired) electrons. The predicted octanol–water partition coefficient (Wildman–Crippen LogP) is -5.01. The summed E-state index contributed by atoms with van der Waals surface area (Å²) < 4.78 is 6.54. The van der Waals surface area contributed by atoms with Gasteiger partial charge in [0.05, 0.1) is 11.6 Å². The van der Waals surface area contributed by atoms with Crippen LogP contribution in [-0.4, -0.2) is 9.61 Å². The molecule has 0 spiro atoms. The summed E-state index contributed by atoms with van der Waals surface area (Å²) in [6.07, 6.45) is 5.27. The molecule has 0 N–H and O–H groups in total. The first-order chi connectivity index (χ1) is 8.93. The van der Waals surface area contributed by atoms with E-state index < -0.39 is 0 Å². The molecule has 3 aromatic rings. The molecule has 4 nitrogen and oxygen atoms in total. The van der Waals surface area contributed by atoms with Crippen LogP contribution in [0.4, 0.5) is 0 Å². The highest BCUT2D eigenvalue weighted by Gasteiger charge is 2.30. The maximum absolute atomic E-state index is 4.71. The number of pyridine rings is 2. The van der Waals surface area contributed by atoms with E-state index in [0.29, 0.717) is 0 Å². The van der Waals surface area contributed by atoms with Crippen molar-refractivity contribution in [2.75, 3.05) is 0 Å². The summed E-state index contributed by atoms with van der Waals surface area (Å²) in [5, 5.41) is 4.71. The van der Waals surface area contributed by atoms with E-state index in [1.807, 2.05) is 16.8 Å². The molecule has 4 heterocycles. The molecule has 0 amide bonds. The number of hydrogen-bond donors (Lipinski definition) is 0. The molecule has 0 unspecified atom stereocenters. The Morgan fingerprint density at radius 1 is 1.00 bits per heavy atom. The first-order valence-corrected chi connectivity index (χ1v) is 6.29. The Morgan fingerprint density at radius 3 is 2.75 bits per heavy atom. The lowest BCUT2D eigenvalue weighted by Crippen LogP contribution is -3.00. The van der Waals surface area contributed by atoms with Gasteiger partial charge in [-0.05, 0) is 12.1 Å². The van der Waals surface area contributed by atoms with E-state index in [2.05, 4.69) is 45.7 Å². The van der Waals surface area contributed by atoms with Crippen molar-refractivity contribution in [3.63, 3.8) is 0 Å². The first kappa shape index (κ1) is 15.1. The van der Waals surface area contributed by atoms with Gasteiger partial charge in [0.25, 0.3) is 11.3 Å². The Kier molecular flexibility index (Phi) is 4.55. The van der Waals surface area contributed by atoms with Gasteiger partial charge in [-0.2, -0.15) is 4.57 Å². The maximum atomic E-state index is 4.71. The van der Waals surface area contributed by atoms with Crippen LogP contribution in [0.2, 0.25) is 0 Å². The number of aryl methyl sites for hydroxylation is 2. The van der Waals surface area contributed by atoms with Gasteiger partial charge in [-0.25, -0.2) is 4.57 Å². The van der Waals surface area contributed by atoms with Crippen molar-refractivity contribution in [1.29, 1.82) is 0 Å². The molecule has 0 aromatic carbocycles. The van der Waals surface area contributed by atoms with Gasteiger partial charge in [-0.15, -0.1) is 0 Å². The SMILES string of the molecule is [Br-].[Br-].c1cc[n+]2c(c1)-c1nn3ccccc3[n+]1CCC2. The molecule has 104 valence electrons. The molecule has 0 saturated carbocycles. The minimum atomic E-state index is 0. The molecular formula is C14H14Br2N4. The van der Waals surface area contributed by atoms with E-state index in [4.69, 9.17) is 5.10 Å². The van der Waals surface area contributed by atoms with Gasteiger partial charge in [0.15, 0.2) is 12.7 Å². The van der Waals surface area contributed by atoms with Crippen LogP contribution in [0, 0.1) is 0 Å². The van der Waals surface area contributed by atoms with E-state index in [9.17, 15) is 0 Å². The lowest BCUT2D eigenvalue weighted by Gasteiger charge is -1.93. The van der Waals surface area contributed by atoms with Crippen molar-refractivity contribution >= 4 is 5.65 Å². The highest BCUT2D eigenvalue weighted by atomic mass is 79.9. The van der Waals surface area contributed by atoms with Crippen LogP contribution in [-0.2, 0) is 13.1 Å². The average molecular weight is 398 g/mol. The zero-order valence-corrected chi connectivity index (χ0v) is 14.0. The fraction of sp³-hybridized carbons (Fsp3) is 0.214. The third kappa shape index (κ3) is 2.27. The van der Waals surface area contributed by atoms with Crippen LogP contribution in [0.1, 0.15) is 6.42 Å². The van der Waals surface area contributed by atoms with Crippen LogP contribution in [0.15, 0.2) is 48.8 Å². The molecule has 0 saturated heterocycles. The normalized spacial score (nSPS) is 12.6. The standard InChI is InChI=1S/C14H14N4.2BrH/c1-3-8-16-9-5-10-17-13-7-2-4-11-18(13)15-14(17)12(16)6-1;;/h1-4,6-8,11H,5,9-10H2;2*1H/q+2;;/p-2. The van der Waals surface area contributed by atoms with Crippen molar-refractivity contribution in [2.24, 2.45) is 0 Å². The molecule has 0 fully saturated rings. The summed E-state index contributed by atoms with van der Waals surface area (Å²) in [5.74, 6) is 1.05. The van der Waals surface area contributed by atoms with Crippen molar-refractivity contribution in [3.8, 4) is 11.5 Å². The second-order valence-corrected chi connectivity index (χ2v) is 4.61. The number of fused-ring (bicyclic) bond motifs is 5. The van der Waals surface area contributed by atoms with E-state index in [0.717, 1.165) is 31.0 Å². The zero-order valence-electron chi connectivity index (χ0n) is 10.8. The molecule has 20 heavy (non-hydrogen) atoms. The lowest BCUT2D eigenvalue weighted by molar-refractivity contribution is -0.686. The average Bonchev–Trinajstić information content (AvgIpc) is 2.69. The number of aromatic nitrogens is 4. The van der Waals surface area contributed by atoms with Gasteiger partial charge in [0.1, 0.15) is 6.20 Å². The fourth-order valence-corrected chi connectivity index (χ4v) is 2.67. The van der Waals surface area contributed by atoms with Crippen molar-refractivity contribution in [3.05, 3.63) is 48.8 Å². The van der Waals surface area contributed by atoms with Gasteiger partial charge in [-0.3, -0.25) is 0 Å². The van der Waals surface area contributed by atoms with Crippen LogP contribution in [0.5, 0.6) is 0 Å². The Bertz CT molecular complexity index is 739. The number of halogens is 2. The van der Waals surface area contributed by atoms with E-state index in [1.165, 1.54) is 5.69 Å². The lowest BCUT2D eigenvalue weighted by atomic mass is 10.3. The highest BCUT2D eigenvalue weighted by Crippen LogP contribution is 2.13. The van der Waals surface area contributed by atoms with Gasteiger partial charge < -0.3 is 34.0 Å². The van der Waals surface area contributed by atoms with Crippen LogP contribution >= 0.6 is 0 Å². The maximum Gasteiger partial charge on any atom is 0.374 e. The molecule has 1 aliphatic heterocycles. The molecule has 1 aliphatic rings. The molecule has 0 bridgehead atoms. The Balaban J connectivity index is 0.000000735. The summed E-state index contributed by atoms with van der Waals surface area (Å²) in [7, 11) is 0. The summed E-state index contributed by atoms with van der Waals surface area (Å²) >= 11 is 0. The van der Waals surface area contributed by atoms with Gasteiger partial charge in [0.2, 0.25) is 0 Å². The fourth-order valence-electron chi connectivity index (χ4n) is 2.67. The Morgan fingerprint density at radius 2 is 1.85 bits per heavy atom. The molecular weight excluding hydrogens is 384 g/mol. The quantitative estimate of drug-likeness (QED) is 0.349. The molecule has 4 rings (SSSR count). The monoisotopic (exact) mass is 396 g/mol. The molecule has 0 atom stereocenters. The third-order valence-electron chi connectivity index (χ3n) is 3.50. The van der Waals surface area contributed by atoms with Gasteiger partial charge in [-0.1, -0.05) is 10.6 Å². The van der Waals surface area contributed by atoms with Crippen molar-refractivity contribution < 1.29 is 43.1 Å². The van der Waals surface area contributed by atoms with Crippen LogP contribution in [0.25, 0.3) is 17.2 Å². The van der Waals surface area contributed by atoms with Crippen LogP contribution in [0.3, 0.4) is 0 Å². The van der Waals surface area contributed by atoms with Gasteiger partial charge >= 0.3 is 5.82 Å². The second kappa shape index (κ2) is 6.01. The smallest absolute Gasteiger partial charge is 0.374 e. The van der Waals surface area contributed by atoms with Gasteiger partial charge in [0, 0.05) is 24.6 Å². The van der Waals surface area contributed by atoms with E-state index in [1.54, 1.807) is 0 Å². The predicted molar refractivity (Wildman–Crippen MR) is 65.6 cm³/mol. The zero-order chi connectivity index (χ0) is 11.9. The number of rotatable bonds is 0. The second-order valence-electron chi connectivity index (χ2n) is 4.61. The summed E-state index contributed by atoms with van der Waals surface area (Å²) in [4.78, 5) is 0. The summed E-state index contributed by atoms with van der Waals surface area (Å²) in [6, 6.07) is 12.5. The minimum Gasteiger partial charge on any atom is -1.00 e. The Hall–Kier alpha value is -1.27. The number of hydrogen-bond acceptors (Lipinski definition) is 1. The number of nitrogens with zero attached hydrogens (tertiary/aromatic N) is 4. The summed E-state index contributed by atoms with van der Waals surface area (Å²) in [5.41, 5.74) is 2.35. The summed E-state index contributed by atoms with van der Waals surface area (Å²) in [6.45, 7) is 2.07. The largest absolute Gasteiger partial charge is 1.00 e. The third-order valence-corrected chi connectivity index (χ3v) is 3.50. The molecule has 0 aliphatic carbocycles. The highest BCUT2D eigenvalue weighted by molar-refractivity contribution is 5.44. The minimum absolute atomic E-state index is 0. The first-order valence-electron chi connectivity index (χ1n) is 6.29. The van der Waals surface area contributed by atoms with Crippen molar-refractivity contribution in [1.82, 2.24) is 9.61 Å². The van der Waals surface area contributed by atoms with Crippen LogP contribution < -0.4 is 43.1 Å². The topological polar surface area (TPSA) is 25.1 Å². The van der Waals surface area contributed by atoms with E-state index >= 15 is 0 Å². The Labute approximate surface area is 138 Å². The van der Waals surface area contributed by atoms with E-state index in [-0.39, 0.29) is 34.0 Å². The molecule has 3 aromatic heterocycles. The van der Waals surface area contributed by atoms with Crippen molar-refractivity contribution in [2.45, 2.75) is 19.5 Å².